The zero-order chi connectivity index (χ0) is 12.5. The topological polar surface area (TPSA) is 55.2 Å². The van der Waals surface area contributed by atoms with E-state index in [2.05, 4.69) is 12.2 Å². The second-order valence-corrected chi connectivity index (χ2v) is 4.09. The fourth-order valence-corrected chi connectivity index (χ4v) is 1.75. The van der Waals surface area contributed by atoms with Crippen LogP contribution in [-0.2, 0) is 6.42 Å². The summed E-state index contributed by atoms with van der Waals surface area (Å²) in [5.74, 6) is 0. The molecule has 17 heavy (non-hydrogen) atoms. The molecule has 0 aliphatic heterocycles. The summed E-state index contributed by atoms with van der Waals surface area (Å²) in [7, 11) is 0. The number of nitro groups is 1. The quantitative estimate of drug-likeness (QED) is 0.429. The minimum atomic E-state index is -0.313. The SMILES string of the molecule is CCCCCNCCc1ccccc1[N+](=O)[O-]. The molecule has 1 N–H and O–H groups in total. The van der Waals surface area contributed by atoms with Crippen LogP contribution in [0.15, 0.2) is 24.3 Å². The maximum atomic E-state index is 10.8. The zero-order valence-electron chi connectivity index (χ0n) is 10.3. The van der Waals surface area contributed by atoms with Gasteiger partial charge >= 0.3 is 0 Å². The van der Waals surface area contributed by atoms with Gasteiger partial charge in [0.05, 0.1) is 4.92 Å². The lowest BCUT2D eigenvalue weighted by molar-refractivity contribution is -0.385. The van der Waals surface area contributed by atoms with E-state index in [4.69, 9.17) is 0 Å². The van der Waals surface area contributed by atoms with Gasteiger partial charge in [-0.25, -0.2) is 0 Å². The van der Waals surface area contributed by atoms with Crippen LogP contribution in [0.2, 0.25) is 0 Å². The summed E-state index contributed by atoms with van der Waals surface area (Å²) in [4.78, 5) is 10.5. The highest BCUT2D eigenvalue weighted by Crippen LogP contribution is 2.17. The predicted octanol–water partition coefficient (Wildman–Crippen LogP) is 2.92. The Bertz CT molecular complexity index is 353. The van der Waals surface area contributed by atoms with Gasteiger partial charge in [0.2, 0.25) is 0 Å². The van der Waals surface area contributed by atoms with Gasteiger partial charge in [-0.2, -0.15) is 0 Å². The Labute approximate surface area is 102 Å². The van der Waals surface area contributed by atoms with Gasteiger partial charge in [-0.3, -0.25) is 10.1 Å². The Morgan fingerprint density at radius 2 is 2.00 bits per heavy atom. The van der Waals surface area contributed by atoms with Gasteiger partial charge in [-0.05, 0) is 25.9 Å². The Morgan fingerprint density at radius 1 is 1.24 bits per heavy atom. The van der Waals surface area contributed by atoms with Crippen molar-refractivity contribution in [1.29, 1.82) is 0 Å². The van der Waals surface area contributed by atoms with Gasteiger partial charge < -0.3 is 5.32 Å². The summed E-state index contributed by atoms with van der Waals surface area (Å²) < 4.78 is 0. The Balaban J connectivity index is 2.34. The summed E-state index contributed by atoms with van der Waals surface area (Å²) in [5.41, 5.74) is 1.03. The first-order valence-corrected chi connectivity index (χ1v) is 6.18. The maximum absolute atomic E-state index is 10.8. The van der Waals surface area contributed by atoms with Crippen LogP contribution in [-0.4, -0.2) is 18.0 Å². The molecule has 0 unspecified atom stereocenters. The molecule has 0 aromatic heterocycles. The third-order valence-corrected chi connectivity index (χ3v) is 2.72. The van der Waals surface area contributed by atoms with Gasteiger partial charge in [0.15, 0.2) is 0 Å². The highest BCUT2D eigenvalue weighted by Gasteiger charge is 2.10. The average Bonchev–Trinajstić information content (AvgIpc) is 2.34. The number of para-hydroxylation sites is 1. The minimum Gasteiger partial charge on any atom is -0.316 e. The van der Waals surface area contributed by atoms with Crippen molar-refractivity contribution < 1.29 is 4.92 Å². The molecule has 0 fully saturated rings. The smallest absolute Gasteiger partial charge is 0.272 e. The van der Waals surface area contributed by atoms with E-state index in [1.54, 1.807) is 12.1 Å². The number of nitrogens with zero attached hydrogens (tertiary/aromatic N) is 1. The van der Waals surface area contributed by atoms with Crippen LogP contribution in [0.25, 0.3) is 0 Å². The minimum absolute atomic E-state index is 0.225. The lowest BCUT2D eigenvalue weighted by Crippen LogP contribution is -2.18. The van der Waals surface area contributed by atoms with Gasteiger partial charge in [0.1, 0.15) is 0 Å². The number of benzene rings is 1. The normalized spacial score (nSPS) is 10.4. The van der Waals surface area contributed by atoms with Crippen molar-refractivity contribution in [2.24, 2.45) is 0 Å². The summed E-state index contributed by atoms with van der Waals surface area (Å²) in [5, 5.41) is 14.1. The summed E-state index contributed by atoms with van der Waals surface area (Å²) in [6, 6.07) is 6.94. The van der Waals surface area contributed by atoms with E-state index >= 15 is 0 Å². The summed E-state index contributed by atoms with van der Waals surface area (Å²) in [6.45, 7) is 3.97. The number of unbranched alkanes of at least 4 members (excludes halogenated alkanes) is 2. The number of nitrogens with one attached hydrogen (secondary N) is 1. The first kappa shape index (κ1) is 13.6. The van der Waals surface area contributed by atoms with E-state index in [9.17, 15) is 10.1 Å². The molecular weight excluding hydrogens is 216 g/mol. The van der Waals surface area contributed by atoms with E-state index in [0.717, 1.165) is 18.7 Å². The number of rotatable bonds is 8. The number of hydrogen-bond acceptors (Lipinski definition) is 3. The molecule has 4 nitrogen and oxygen atoms in total. The first-order valence-electron chi connectivity index (χ1n) is 6.18. The second-order valence-electron chi connectivity index (χ2n) is 4.09. The van der Waals surface area contributed by atoms with E-state index < -0.39 is 0 Å². The van der Waals surface area contributed by atoms with E-state index in [-0.39, 0.29) is 10.6 Å². The fraction of sp³-hybridized carbons (Fsp3) is 0.538. The molecule has 1 rings (SSSR count). The monoisotopic (exact) mass is 236 g/mol. The second kappa shape index (κ2) is 7.79. The molecule has 0 saturated carbocycles. The van der Waals surface area contributed by atoms with Crippen molar-refractivity contribution in [3.63, 3.8) is 0 Å². The van der Waals surface area contributed by atoms with Crippen LogP contribution in [0.5, 0.6) is 0 Å². The summed E-state index contributed by atoms with van der Waals surface area (Å²) in [6.07, 6.45) is 4.33. The molecule has 0 atom stereocenters. The predicted molar refractivity (Wildman–Crippen MR) is 69.2 cm³/mol. The molecule has 0 bridgehead atoms. The van der Waals surface area contributed by atoms with Gasteiger partial charge in [0, 0.05) is 11.6 Å². The zero-order valence-corrected chi connectivity index (χ0v) is 10.3. The van der Waals surface area contributed by atoms with E-state index in [1.807, 2.05) is 12.1 Å². The molecule has 0 aliphatic carbocycles. The van der Waals surface area contributed by atoms with Crippen LogP contribution >= 0.6 is 0 Å². The first-order chi connectivity index (χ1) is 8.25. The molecule has 0 aliphatic rings. The van der Waals surface area contributed by atoms with Crippen molar-refractivity contribution in [3.05, 3.63) is 39.9 Å². The standard InChI is InChI=1S/C13H20N2O2/c1-2-3-6-10-14-11-9-12-7-4-5-8-13(12)15(16)17/h4-5,7-8,14H,2-3,6,9-11H2,1H3. The molecule has 4 heteroatoms. The van der Waals surface area contributed by atoms with Crippen molar-refractivity contribution in [1.82, 2.24) is 5.32 Å². The molecule has 0 heterocycles. The molecule has 1 aromatic carbocycles. The number of hydrogen-bond donors (Lipinski definition) is 1. The largest absolute Gasteiger partial charge is 0.316 e. The lowest BCUT2D eigenvalue weighted by atomic mass is 10.1. The molecule has 0 saturated heterocycles. The van der Waals surface area contributed by atoms with E-state index in [1.165, 1.54) is 19.3 Å². The maximum Gasteiger partial charge on any atom is 0.272 e. The van der Waals surface area contributed by atoms with Crippen molar-refractivity contribution in [2.75, 3.05) is 13.1 Å². The van der Waals surface area contributed by atoms with Crippen molar-refractivity contribution in [2.45, 2.75) is 32.6 Å². The third kappa shape index (κ3) is 4.95. The fourth-order valence-electron chi connectivity index (χ4n) is 1.75. The van der Waals surface area contributed by atoms with Crippen LogP contribution in [0.3, 0.4) is 0 Å². The third-order valence-electron chi connectivity index (χ3n) is 2.72. The van der Waals surface area contributed by atoms with Gasteiger partial charge in [0.25, 0.3) is 5.69 Å². The van der Waals surface area contributed by atoms with Crippen LogP contribution in [0, 0.1) is 10.1 Å². The Hall–Kier alpha value is -1.42. The molecule has 0 spiro atoms. The van der Waals surface area contributed by atoms with Crippen LogP contribution in [0.1, 0.15) is 31.7 Å². The average molecular weight is 236 g/mol. The van der Waals surface area contributed by atoms with Crippen LogP contribution in [0.4, 0.5) is 5.69 Å². The Morgan fingerprint density at radius 3 is 2.71 bits per heavy atom. The summed E-state index contributed by atoms with van der Waals surface area (Å²) >= 11 is 0. The molecule has 94 valence electrons. The van der Waals surface area contributed by atoms with Crippen LogP contribution < -0.4 is 5.32 Å². The van der Waals surface area contributed by atoms with Crippen molar-refractivity contribution in [3.8, 4) is 0 Å². The lowest BCUT2D eigenvalue weighted by Gasteiger charge is -2.05. The van der Waals surface area contributed by atoms with Crippen molar-refractivity contribution >= 4 is 5.69 Å². The Kier molecular flexibility index (Phi) is 6.25. The highest BCUT2D eigenvalue weighted by molar-refractivity contribution is 5.39. The number of nitro benzene ring substituents is 1. The molecule has 0 amide bonds. The van der Waals surface area contributed by atoms with E-state index in [0.29, 0.717) is 6.42 Å². The molecular formula is C13H20N2O2. The molecule has 1 aromatic rings. The van der Waals surface area contributed by atoms with Gasteiger partial charge in [-0.15, -0.1) is 0 Å². The van der Waals surface area contributed by atoms with Gasteiger partial charge in [-0.1, -0.05) is 38.0 Å². The highest BCUT2D eigenvalue weighted by atomic mass is 16.6. The molecule has 0 radical (unpaired) electrons.